The molecule has 0 spiro atoms. The van der Waals surface area contributed by atoms with Crippen LogP contribution >= 0.6 is 0 Å². The maximum absolute atomic E-state index is 12.6. The molecule has 0 aromatic carbocycles. The van der Waals surface area contributed by atoms with Crippen molar-refractivity contribution in [3.63, 3.8) is 0 Å². The fraction of sp³-hybridized carbons (Fsp3) is 0.604. The van der Waals surface area contributed by atoms with Crippen molar-refractivity contribution in [1.82, 2.24) is 0 Å². The maximum atomic E-state index is 12.6. The van der Waals surface area contributed by atoms with Gasteiger partial charge in [-0.1, -0.05) is 163 Å². The Morgan fingerprint density at radius 1 is 0.407 bits per heavy atom. The SMILES string of the molecule is CC\C=C/C=C\C=C/C=C\C=C/CCCC(=O)OC(COC(=O)CCCC/C=C\C/C=C\CC)COC(=O)CCCCC/C=C\CCCCCCCCC. The molecule has 6 nitrogen and oxygen atoms in total. The van der Waals surface area contributed by atoms with E-state index in [2.05, 4.69) is 63.3 Å². The molecular formula is C48H76O6. The van der Waals surface area contributed by atoms with E-state index < -0.39 is 12.1 Å². The van der Waals surface area contributed by atoms with Gasteiger partial charge in [0.25, 0.3) is 0 Å². The van der Waals surface area contributed by atoms with Gasteiger partial charge in [-0.15, -0.1) is 0 Å². The third-order valence-electron chi connectivity index (χ3n) is 8.43. The number of allylic oxidation sites excluding steroid dienone is 16. The normalized spacial score (nSPS) is 13.0. The van der Waals surface area contributed by atoms with E-state index in [0.29, 0.717) is 19.3 Å². The molecule has 0 bridgehead atoms. The van der Waals surface area contributed by atoms with Gasteiger partial charge < -0.3 is 14.2 Å². The van der Waals surface area contributed by atoms with Gasteiger partial charge in [0, 0.05) is 19.3 Å². The van der Waals surface area contributed by atoms with Crippen LogP contribution in [0.2, 0.25) is 0 Å². The van der Waals surface area contributed by atoms with Crippen molar-refractivity contribution < 1.29 is 28.6 Å². The Kier molecular flexibility index (Phi) is 39.2. The first-order valence-corrected chi connectivity index (χ1v) is 21.3. The summed E-state index contributed by atoms with van der Waals surface area (Å²) < 4.78 is 16.5. The number of hydrogen-bond acceptors (Lipinski definition) is 6. The molecule has 54 heavy (non-hydrogen) atoms. The van der Waals surface area contributed by atoms with Crippen LogP contribution in [-0.4, -0.2) is 37.2 Å². The van der Waals surface area contributed by atoms with E-state index in [1.165, 1.54) is 44.9 Å². The molecule has 0 aromatic heterocycles. The van der Waals surface area contributed by atoms with Crippen LogP contribution in [0.15, 0.2) is 97.2 Å². The summed E-state index contributed by atoms with van der Waals surface area (Å²) in [6, 6.07) is 0. The van der Waals surface area contributed by atoms with Crippen LogP contribution in [0.5, 0.6) is 0 Å². The first-order chi connectivity index (χ1) is 26.5. The first-order valence-electron chi connectivity index (χ1n) is 21.3. The molecule has 0 saturated heterocycles. The van der Waals surface area contributed by atoms with Crippen molar-refractivity contribution in [3.8, 4) is 0 Å². The average Bonchev–Trinajstić information content (AvgIpc) is 3.17. The minimum absolute atomic E-state index is 0.126. The molecular weight excluding hydrogens is 673 g/mol. The molecule has 0 fully saturated rings. The highest BCUT2D eigenvalue weighted by molar-refractivity contribution is 5.71. The first kappa shape index (κ1) is 50.3. The highest BCUT2D eigenvalue weighted by Gasteiger charge is 2.19. The molecule has 0 amide bonds. The predicted octanol–water partition coefficient (Wildman–Crippen LogP) is 13.5. The average molecular weight is 749 g/mol. The molecule has 0 heterocycles. The summed E-state index contributed by atoms with van der Waals surface area (Å²) in [6.07, 6.45) is 54.1. The quantitative estimate of drug-likeness (QED) is 0.0209. The fourth-order valence-corrected chi connectivity index (χ4v) is 5.27. The summed E-state index contributed by atoms with van der Waals surface area (Å²) in [4.78, 5) is 37.5. The summed E-state index contributed by atoms with van der Waals surface area (Å²) in [5.74, 6) is -1.07. The number of rotatable bonds is 36. The van der Waals surface area contributed by atoms with Gasteiger partial charge in [0.05, 0.1) is 0 Å². The van der Waals surface area contributed by atoms with Gasteiger partial charge in [-0.05, 0) is 83.5 Å². The molecule has 1 unspecified atom stereocenters. The van der Waals surface area contributed by atoms with Crippen molar-refractivity contribution in [2.24, 2.45) is 0 Å². The number of unbranched alkanes of at least 4 members (excludes halogenated alkanes) is 13. The Hall–Kier alpha value is -3.67. The molecule has 0 aliphatic carbocycles. The van der Waals surface area contributed by atoms with E-state index in [1.807, 2.05) is 54.7 Å². The van der Waals surface area contributed by atoms with Gasteiger partial charge in [-0.2, -0.15) is 0 Å². The van der Waals surface area contributed by atoms with E-state index in [1.54, 1.807) is 0 Å². The van der Waals surface area contributed by atoms with Gasteiger partial charge in [-0.25, -0.2) is 0 Å². The fourth-order valence-electron chi connectivity index (χ4n) is 5.27. The van der Waals surface area contributed by atoms with Crippen molar-refractivity contribution in [3.05, 3.63) is 97.2 Å². The maximum Gasteiger partial charge on any atom is 0.306 e. The molecule has 0 rings (SSSR count). The Labute approximate surface area is 330 Å². The molecule has 0 aliphatic heterocycles. The Morgan fingerprint density at radius 3 is 1.43 bits per heavy atom. The van der Waals surface area contributed by atoms with Crippen LogP contribution in [0.1, 0.15) is 168 Å². The second-order valence-electron chi connectivity index (χ2n) is 13.6. The number of carbonyl (C=O) groups is 3. The zero-order valence-corrected chi connectivity index (χ0v) is 34.4. The third kappa shape index (κ3) is 39.5. The molecule has 0 saturated carbocycles. The lowest BCUT2D eigenvalue weighted by Gasteiger charge is -2.18. The Bertz CT molecular complexity index is 1140. The number of carbonyl (C=O) groups excluding carboxylic acids is 3. The highest BCUT2D eigenvalue weighted by atomic mass is 16.6. The molecule has 0 radical (unpaired) electrons. The summed E-state index contributed by atoms with van der Waals surface area (Å²) in [5.41, 5.74) is 0. The number of esters is 3. The van der Waals surface area contributed by atoms with Crippen LogP contribution in [0.25, 0.3) is 0 Å². The van der Waals surface area contributed by atoms with Crippen molar-refractivity contribution >= 4 is 17.9 Å². The van der Waals surface area contributed by atoms with Crippen LogP contribution in [0.3, 0.4) is 0 Å². The molecule has 0 aromatic rings. The number of ether oxygens (including phenoxy) is 3. The summed E-state index contributed by atoms with van der Waals surface area (Å²) in [7, 11) is 0. The van der Waals surface area contributed by atoms with E-state index in [-0.39, 0.29) is 31.6 Å². The summed E-state index contributed by atoms with van der Waals surface area (Å²) in [6.45, 7) is 6.22. The van der Waals surface area contributed by atoms with E-state index >= 15 is 0 Å². The minimum Gasteiger partial charge on any atom is -0.462 e. The van der Waals surface area contributed by atoms with Crippen LogP contribution in [0.4, 0.5) is 0 Å². The van der Waals surface area contributed by atoms with Crippen LogP contribution < -0.4 is 0 Å². The number of hydrogen-bond donors (Lipinski definition) is 0. The van der Waals surface area contributed by atoms with Gasteiger partial charge in [0.15, 0.2) is 6.10 Å². The zero-order valence-electron chi connectivity index (χ0n) is 34.4. The molecule has 0 aliphatic rings. The predicted molar refractivity (Wildman–Crippen MR) is 228 cm³/mol. The molecule has 6 heteroatoms. The zero-order chi connectivity index (χ0) is 39.4. The Morgan fingerprint density at radius 2 is 0.833 bits per heavy atom. The molecule has 304 valence electrons. The van der Waals surface area contributed by atoms with Gasteiger partial charge >= 0.3 is 17.9 Å². The standard InChI is InChI=1S/C48H76O6/c1-4-7-10-13-16-19-21-23-25-26-29-32-35-38-41-47(50)53-44-45(43-52-46(49)40-37-34-31-28-18-15-12-9-6-3)54-48(51)42-39-36-33-30-27-24-22-20-17-14-11-8-5-2/h8-9,11-12,14,17-18,20,22,24-28,30,33,45H,4-7,10,13,15-16,19,21,23,29,31-32,34-44H2,1-3H3/b11-8-,12-9-,17-14-,22-20-,26-25-,27-24-,28-18-,33-30-. The lowest BCUT2D eigenvalue weighted by atomic mass is 10.1. The minimum atomic E-state index is -0.831. The van der Waals surface area contributed by atoms with Crippen molar-refractivity contribution in [2.45, 2.75) is 175 Å². The van der Waals surface area contributed by atoms with Crippen molar-refractivity contribution in [2.75, 3.05) is 13.2 Å². The van der Waals surface area contributed by atoms with Crippen LogP contribution in [0, 0.1) is 0 Å². The lowest BCUT2D eigenvalue weighted by molar-refractivity contribution is -0.167. The van der Waals surface area contributed by atoms with Gasteiger partial charge in [-0.3, -0.25) is 14.4 Å². The summed E-state index contributed by atoms with van der Waals surface area (Å²) in [5, 5.41) is 0. The largest absolute Gasteiger partial charge is 0.462 e. The third-order valence-corrected chi connectivity index (χ3v) is 8.43. The smallest absolute Gasteiger partial charge is 0.306 e. The monoisotopic (exact) mass is 749 g/mol. The summed E-state index contributed by atoms with van der Waals surface area (Å²) >= 11 is 0. The van der Waals surface area contributed by atoms with Gasteiger partial charge in [0.1, 0.15) is 13.2 Å². The molecule has 0 N–H and O–H groups in total. The topological polar surface area (TPSA) is 78.9 Å². The molecule has 1 atom stereocenters. The van der Waals surface area contributed by atoms with Crippen molar-refractivity contribution in [1.29, 1.82) is 0 Å². The highest BCUT2D eigenvalue weighted by Crippen LogP contribution is 2.11. The van der Waals surface area contributed by atoms with E-state index in [4.69, 9.17) is 14.2 Å². The van der Waals surface area contributed by atoms with Crippen LogP contribution in [-0.2, 0) is 28.6 Å². The second kappa shape index (κ2) is 42.1. The second-order valence-corrected chi connectivity index (χ2v) is 13.6. The Balaban J connectivity index is 4.56. The lowest BCUT2D eigenvalue weighted by Crippen LogP contribution is -2.30. The van der Waals surface area contributed by atoms with E-state index in [0.717, 1.165) is 77.0 Å². The van der Waals surface area contributed by atoms with Gasteiger partial charge in [0.2, 0.25) is 0 Å². The van der Waals surface area contributed by atoms with E-state index in [9.17, 15) is 14.4 Å².